The Morgan fingerprint density at radius 1 is 1.29 bits per heavy atom. The number of rotatable bonds is 6. The number of amides is 1. The van der Waals surface area contributed by atoms with Crippen molar-refractivity contribution in [3.05, 3.63) is 53.3 Å². The number of aromatic nitrogens is 2. The minimum absolute atomic E-state index is 0.0426. The number of aliphatic hydroxyl groups excluding tert-OH is 1. The zero-order valence-corrected chi connectivity index (χ0v) is 14.3. The molecule has 2 heterocycles. The first-order valence-electron chi connectivity index (χ1n) is 7.48. The summed E-state index contributed by atoms with van der Waals surface area (Å²) in [5.74, 6) is -0.210. The van der Waals surface area contributed by atoms with Crippen molar-refractivity contribution in [2.24, 2.45) is 0 Å². The van der Waals surface area contributed by atoms with E-state index < -0.39 is 0 Å². The minimum atomic E-state index is -0.210. The van der Waals surface area contributed by atoms with E-state index in [1.165, 1.54) is 11.8 Å². The third-order valence-electron chi connectivity index (χ3n) is 3.40. The van der Waals surface area contributed by atoms with Crippen LogP contribution in [-0.2, 0) is 0 Å². The molecular formula is C17H16ClN3O2S. The number of pyridine rings is 1. The summed E-state index contributed by atoms with van der Waals surface area (Å²) >= 11 is 7.42. The van der Waals surface area contributed by atoms with E-state index in [9.17, 15) is 4.79 Å². The van der Waals surface area contributed by atoms with Gasteiger partial charge in [0.05, 0.1) is 4.90 Å². The molecule has 3 N–H and O–H groups in total. The number of fused-ring (bicyclic) bond motifs is 1. The van der Waals surface area contributed by atoms with E-state index in [0.29, 0.717) is 29.3 Å². The number of H-pyrrole nitrogens is 1. The zero-order chi connectivity index (χ0) is 16.9. The topological polar surface area (TPSA) is 78.0 Å². The third-order valence-corrected chi connectivity index (χ3v) is 4.79. The van der Waals surface area contributed by atoms with Crippen LogP contribution in [0.1, 0.15) is 16.9 Å². The first-order valence-corrected chi connectivity index (χ1v) is 8.67. The van der Waals surface area contributed by atoms with Crippen molar-refractivity contribution in [3.8, 4) is 0 Å². The molecule has 1 amide bonds. The Hall–Kier alpha value is -2.02. The van der Waals surface area contributed by atoms with Gasteiger partial charge in [-0.05, 0) is 42.8 Å². The fraction of sp³-hybridized carbons (Fsp3) is 0.176. The molecule has 2 aromatic heterocycles. The minimum Gasteiger partial charge on any atom is -0.396 e. The molecule has 0 atom stereocenters. The van der Waals surface area contributed by atoms with Gasteiger partial charge >= 0.3 is 0 Å². The highest BCUT2D eigenvalue weighted by Crippen LogP contribution is 2.36. The number of aliphatic hydroxyl groups is 1. The molecule has 0 aliphatic rings. The predicted octanol–water partition coefficient (Wildman–Crippen LogP) is 3.48. The van der Waals surface area contributed by atoms with Crippen molar-refractivity contribution in [2.75, 3.05) is 13.2 Å². The second-order valence-corrected chi connectivity index (χ2v) is 6.64. The van der Waals surface area contributed by atoms with Crippen LogP contribution in [0.3, 0.4) is 0 Å². The molecule has 24 heavy (non-hydrogen) atoms. The fourth-order valence-electron chi connectivity index (χ4n) is 2.25. The van der Waals surface area contributed by atoms with E-state index in [1.807, 2.05) is 36.4 Å². The Morgan fingerprint density at radius 3 is 2.83 bits per heavy atom. The molecule has 0 unspecified atom stereocenters. The molecule has 0 saturated heterocycles. The zero-order valence-electron chi connectivity index (χ0n) is 12.8. The van der Waals surface area contributed by atoms with Crippen LogP contribution in [0.2, 0.25) is 5.02 Å². The molecule has 3 rings (SSSR count). The quantitative estimate of drug-likeness (QED) is 0.587. The average Bonchev–Trinajstić information content (AvgIpc) is 2.96. The van der Waals surface area contributed by atoms with Crippen LogP contribution in [0, 0.1) is 0 Å². The maximum Gasteiger partial charge on any atom is 0.268 e. The molecule has 0 aliphatic carbocycles. The van der Waals surface area contributed by atoms with Gasteiger partial charge in [-0.15, -0.1) is 0 Å². The van der Waals surface area contributed by atoms with Crippen LogP contribution in [-0.4, -0.2) is 34.1 Å². The molecule has 0 bridgehead atoms. The maximum absolute atomic E-state index is 12.5. The number of hydrogen-bond donors (Lipinski definition) is 3. The predicted molar refractivity (Wildman–Crippen MR) is 95.7 cm³/mol. The number of benzene rings is 1. The Balaban J connectivity index is 1.95. The van der Waals surface area contributed by atoms with Gasteiger partial charge in [0.25, 0.3) is 5.91 Å². The first kappa shape index (κ1) is 16.8. The molecule has 124 valence electrons. The summed E-state index contributed by atoms with van der Waals surface area (Å²) in [5, 5.41) is 13.2. The molecule has 3 aromatic rings. The number of carbonyl (C=O) groups is 1. The number of hydrogen-bond acceptors (Lipinski definition) is 4. The van der Waals surface area contributed by atoms with Crippen molar-refractivity contribution < 1.29 is 9.90 Å². The Labute approximate surface area is 148 Å². The van der Waals surface area contributed by atoms with Gasteiger partial charge in [0, 0.05) is 34.7 Å². The number of aromatic amines is 1. The lowest BCUT2D eigenvalue weighted by Crippen LogP contribution is -2.25. The van der Waals surface area contributed by atoms with Gasteiger partial charge in [-0.1, -0.05) is 23.4 Å². The molecular weight excluding hydrogens is 346 g/mol. The van der Waals surface area contributed by atoms with E-state index in [2.05, 4.69) is 15.3 Å². The summed E-state index contributed by atoms with van der Waals surface area (Å²) in [6.45, 7) is 0.462. The number of carbonyl (C=O) groups excluding carboxylic acids is 1. The van der Waals surface area contributed by atoms with Gasteiger partial charge in [0.15, 0.2) is 0 Å². The standard InChI is InChI=1S/C17H16ClN3O2S/c18-11-4-6-12(7-5-11)24-15-13-3-1-8-19-16(13)21-14(15)17(23)20-9-2-10-22/h1,3-8,22H,2,9-10H2,(H,19,21)(H,20,23). The van der Waals surface area contributed by atoms with E-state index in [-0.39, 0.29) is 12.5 Å². The molecule has 0 fully saturated rings. The third kappa shape index (κ3) is 3.72. The van der Waals surface area contributed by atoms with Crippen LogP contribution in [0.4, 0.5) is 0 Å². The van der Waals surface area contributed by atoms with Crippen LogP contribution in [0.15, 0.2) is 52.4 Å². The average molecular weight is 362 g/mol. The maximum atomic E-state index is 12.5. The lowest BCUT2D eigenvalue weighted by atomic mass is 10.3. The highest BCUT2D eigenvalue weighted by atomic mass is 35.5. The van der Waals surface area contributed by atoms with Crippen molar-refractivity contribution in [3.63, 3.8) is 0 Å². The van der Waals surface area contributed by atoms with Gasteiger partial charge in [0.1, 0.15) is 11.3 Å². The van der Waals surface area contributed by atoms with E-state index in [0.717, 1.165) is 15.2 Å². The number of nitrogens with zero attached hydrogens (tertiary/aromatic N) is 1. The summed E-state index contributed by atoms with van der Waals surface area (Å²) in [4.78, 5) is 21.6. The Bertz CT molecular complexity index is 849. The normalized spacial score (nSPS) is 10.9. The summed E-state index contributed by atoms with van der Waals surface area (Å²) in [5.41, 5.74) is 1.14. The number of nitrogens with one attached hydrogen (secondary N) is 2. The SMILES string of the molecule is O=C(NCCCO)c1[nH]c2ncccc2c1Sc1ccc(Cl)cc1. The van der Waals surface area contributed by atoms with E-state index in [4.69, 9.17) is 16.7 Å². The molecule has 1 aromatic carbocycles. The lowest BCUT2D eigenvalue weighted by molar-refractivity contribution is 0.0944. The van der Waals surface area contributed by atoms with E-state index >= 15 is 0 Å². The second-order valence-electron chi connectivity index (χ2n) is 5.12. The highest BCUT2D eigenvalue weighted by Gasteiger charge is 2.19. The largest absolute Gasteiger partial charge is 0.396 e. The van der Waals surface area contributed by atoms with Crippen molar-refractivity contribution in [1.29, 1.82) is 0 Å². The monoisotopic (exact) mass is 361 g/mol. The molecule has 0 radical (unpaired) electrons. The Kier molecular flexibility index (Phi) is 5.40. The molecule has 0 spiro atoms. The number of halogens is 1. The summed E-state index contributed by atoms with van der Waals surface area (Å²) in [6, 6.07) is 11.2. The summed E-state index contributed by atoms with van der Waals surface area (Å²) in [7, 11) is 0. The van der Waals surface area contributed by atoms with Crippen LogP contribution < -0.4 is 5.32 Å². The van der Waals surface area contributed by atoms with Crippen LogP contribution in [0.25, 0.3) is 11.0 Å². The van der Waals surface area contributed by atoms with Gasteiger partial charge in [0.2, 0.25) is 0 Å². The van der Waals surface area contributed by atoms with Gasteiger partial charge in [-0.2, -0.15) is 0 Å². The van der Waals surface area contributed by atoms with Crippen LogP contribution >= 0.6 is 23.4 Å². The van der Waals surface area contributed by atoms with Gasteiger partial charge in [-0.3, -0.25) is 4.79 Å². The van der Waals surface area contributed by atoms with Crippen molar-refractivity contribution in [1.82, 2.24) is 15.3 Å². The van der Waals surface area contributed by atoms with Gasteiger partial charge < -0.3 is 15.4 Å². The second kappa shape index (κ2) is 7.70. The van der Waals surface area contributed by atoms with Crippen LogP contribution in [0.5, 0.6) is 0 Å². The summed E-state index contributed by atoms with van der Waals surface area (Å²) < 4.78 is 0. The van der Waals surface area contributed by atoms with E-state index in [1.54, 1.807) is 6.20 Å². The van der Waals surface area contributed by atoms with Gasteiger partial charge in [-0.25, -0.2) is 4.98 Å². The molecule has 0 aliphatic heterocycles. The smallest absolute Gasteiger partial charge is 0.268 e. The van der Waals surface area contributed by atoms with Crippen molar-refractivity contribution >= 4 is 40.3 Å². The molecule has 7 heteroatoms. The lowest BCUT2D eigenvalue weighted by Gasteiger charge is -2.06. The molecule has 5 nitrogen and oxygen atoms in total. The summed E-state index contributed by atoms with van der Waals surface area (Å²) in [6.07, 6.45) is 2.20. The first-order chi connectivity index (χ1) is 11.7. The molecule has 0 saturated carbocycles. The highest BCUT2D eigenvalue weighted by molar-refractivity contribution is 7.99. The van der Waals surface area contributed by atoms with Crippen molar-refractivity contribution in [2.45, 2.75) is 16.2 Å². The fourth-order valence-corrected chi connectivity index (χ4v) is 3.41. The Morgan fingerprint density at radius 2 is 2.08 bits per heavy atom.